The fraction of sp³-hybridized carbons (Fsp3) is 0.304. The van der Waals surface area contributed by atoms with E-state index in [1.165, 1.54) is 24.6 Å². The second-order valence-electron chi connectivity index (χ2n) is 8.00. The van der Waals surface area contributed by atoms with Gasteiger partial charge < -0.3 is 19.5 Å². The zero-order valence-electron chi connectivity index (χ0n) is 17.5. The molecule has 1 fully saturated rings. The van der Waals surface area contributed by atoms with Crippen LogP contribution in [0.2, 0.25) is 0 Å². The molecule has 0 amide bonds. The van der Waals surface area contributed by atoms with E-state index in [-0.39, 0.29) is 29.8 Å². The Morgan fingerprint density at radius 2 is 2.03 bits per heavy atom. The number of anilines is 2. The molecule has 2 atom stereocenters. The number of nitrogens with one attached hydrogen (secondary N) is 2. The van der Waals surface area contributed by atoms with E-state index >= 15 is 0 Å². The molecule has 2 N–H and O–H groups in total. The summed E-state index contributed by atoms with van der Waals surface area (Å²) in [7, 11) is 0. The number of aromatic nitrogens is 4. The van der Waals surface area contributed by atoms with Crippen molar-refractivity contribution in [1.82, 2.24) is 20.2 Å². The molecular weight excluding hydrogens is 413 g/mol. The van der Waals surface area contributed by atoms with Gasteiger partial charge in [0.25, 0.3) is 5.89 Å². The van der Waals surface area contributed by atoms with Gasteiger partial charge in [0.15, 0.2) is 5.82 Å². The SMILES string of the molecule is CC(=O)OC1CCCC(c2ccc3nc(-c4nnc(Nc5ccc(F)cc5)o4)[nH]c3c2)C1. The third kappa shape index (κ3) is 4.32. The maximum atomic E-state index is 13.1. The van der Waals surface area contributed by atoms with Crippen LogP contribution in [0.3, 0.4) is 0 Å². The van der Waals surface area contributed by atoms with Gasteiger partial charge in [0, 0.05) is 12.6 Å². The average molecular weight is 435 g/mol. The van der Waals surface area contributed by atoms with Crippen LogP contribution in [0.1, 0.15) is 44.1 Å². The monoisotopic (exact) mass is 435 g/mol. The van der Waals surface area contributed by atoms with Crippen molar-refractivity contribution in [3.63, 3.8) is 0 Å². The molecule has 1 aliphatic carbocycles. The molecule has 9 heteroatoms. The van der Waals surface area contributed by atoms with E-state index in [0.29, 0.717) is 17.4 Å². The van der Waals surface area contributed by atoms with Crippen molar-refractivity contribution < 1.29 is 18.3 Å². The van der Waals surface area contributed by atoms with Gasteiger partial charge in [0.1, 0.15) is 11.9 Å². The van der Waals surface area contributed by atoms with E-state index in [1.54, 1.807) is 12.1 Å². The maximum Gasteiger partial charge on any atom is 0.320 e. The summed E-state index contributed by atoms with van der Waals surface area (Å²) in [6, 6.07) is 12.2. The standard InChI is InChI=1S/C23H22FN5O3/c1-13(30)31-18-4-2-3-14(11-18)15-5-10-19-20(12-15)27-21(26-19)22-28-29-23(32-22)25-17-8-6-16(24)7-9-17/h5-10,12,14,18H,2-4,11H2,1H3,(H,25,29)(H,26,27). The van der Waals surface area contributed by atoms with Crippen LogP contribution >= 0.6 is 0 Å². The smallest absolute Gasteiger partial charge is 0.320 e. The first-order valence-electron chi connectivity index (χ1n) is 10.6. The molecule has 2 heterocycles. The zero-order valence-corrected chi connectivity index (χ0v) is 17.5. The molecule has 0 aliphatic heterocycles. The number of fused-ring (bicyclic) bond motifs is 1. The summed E-state index contributed by atoms with van der Waals surface area (Å²) in [5.74, 6) is 0.507. The normalized spacial score (nSPS) is 18.6. The minimum atomic E-state index is -0.321. The quantitative estimate of drug-likeness (QED) is 0.421. The number of hydrogen-bond donors (Lipinski definition) is 2. The predicted octanol–water partition coefficient (Wildman–Crippen LogP) is 5.08. The lowest BCUT2D eigenvalue weighted by atomic mass is 9.82. The van der Waals surface area contributed by atoms with Crippen LogP contribution in [0, 0.1) is 5.82 Å². The lowest BCUT2D eigenvalue weighted by Crippen LogP contribution is -2.23. The lowest BCUT2D eigenvalue weighted by molar-refractivity contribution is -0.147. The van der Waals surface area contributed by atoms with Crippen LogP contribution in [0.5, 0.6) is 0 Å². The third-order valence-corrected chi connectivity index (χ3v) is 5.66. The van der Waals surface area contributed by atoms with Gasteiger partial charge in [-0.05, 0) is 73.6 Å². The van der Waals surface area contributed by atoms with Gasteiger partial charge in [-0.1, -0.05) is 11.2 Å². The van der Waals surface area contributed by atoms with Gasteiger partial charge in [-0.3, -0.25) is 4.79 Å². The van der Waals surface area contributed by atoms with Gasteiger partial charge in [-0.25, -0.2) is 9.37 Å². The fourth-order valence-corrected chi connectivity index (χ4v) is 4.20. The Morgan fingerprint density at radius 3 is 2.84 bits per heavy atom. The Kier molecular flexibility index (Phi) is 5.30. The summed E-state index contributed by atoms with van der Waals surface area (Å²) in [4.78, 5) is 19.1. The highest BCUT2D eigenvalue weighted by molar-refractivity contribution is 5.79. The minimum absolute atomic E-state index is 0.0234. The van der Waals surface area contributed by atoms with E-state index in [1.807, 2.05) is 6.07 Å². The molecule has 32 heavy (non-hydrogen) atoms. The van der Waals surface area contributed by atoms with E-state index in [2.05, 4.69) is 37.6 Å². The molecule has 5 rings (SSSR count). The van der Waals surface area contributed by atoms with E-state index < -0.39 is 0 Å². The van der Waals surface area contributed by atoms with Crippen molar-refractivity contribution in [2.45, 2.75) is 44.6 Å². The Labute approximate surface area is 183 Å². The summed E-state index contributed by atoms with van der Waals surface area (Å²) in [6.07, 6.45) is 3.81. The molecular formula is C23H22FN5O3. The highest BCUT2D eigenvalue weighted by atomic mass is 19.1. The van der Waals surface area contributed by atoms with Crippen molar-refractivity contribution in [2.24, 2.45) is 0 Å². The first-order chi connectivity index (χ1) is 15.5. The van der Waals surface area contributed by atoms with Crippen LogP contribution in [-0.4, -0.2) is 32.2 Å². The van der Waals surface area contributed by atoms with Crippen molar-refractivity contribution in [1.29, 1.82) is 0 Å². The van der Waals surface area contributed by atoms with E-state index in [9.17, 15) is 9.18 Å². The van der Waals surface area contributed by atoms with Gasteiger partial charge >= 0.3 is 12.0 Å². The van der Waals surface area contributed by atoms with Crippen molar-refractivity contribution in [2.75, 3.05) is 5.32 Å². The number of carbonyl (C=O) groups excluding carboxylic acids is 1. The van der Waals surface area contributed by atoms with Gasteiger partial charge in [-0.15, -0.1) is 5.10 Å². The largest absolute Gasteiger partial charge is 0.463 e. The number of benzene rings is 2. The summed E-state index contributed by atoms with van der Waals surface area (Å²) in [5.41, 5.74) is 3.49. The number of ether oxygens (including phenoxy) is 1. The molecule has 164 valence electrons. The number of nitrogens with zero attached hydrogens (tertiary/aromatic N) is 3. The molecule has 1 aliphatic rings. The number of esters is 1. The number of halogens is 1. The molecule has 0 bridgehead atoms. The minimum Gasteiger partial charge on any atom is -0.463 e. The van der Waals surface area contributed by atoms with Gasteiger partial charge in [0.2, 0.25) is 0 Å². The first-order valence-corrected chi connectivity index (χ1v) is 10.6. The number of hydrogen-bond acceptors (Lipinski definition) is 7. The Bertz CT molecular complexity index is 1250. The lowest BCUT2D eigenvalue weighted by Gasteiger charge is -2.28. The van der Waals surface area contributed by atoms with Crippen LogP contribution in [0.4, 0.5) is 16.1 Å². The highest BCUT2D eigenvalue weighted by Gasteiger charge is 2.25. The van der Waals surface area contributed by atoms with Crippen LogP contribution in [0.15, 0.2) is 46.9 Å². The number of aromatic amines is 1. The van der Waals surface area contributed by atoms with Crippen molar-refractivity contribution in [3.05, 3.63) is 53.8 Å². The number of H-pyrrole nitrogens is 1. The van der Waals surface area contributed by atoms with Crippen molar-refractivity contribution in [3.8, 4) is 11.7 Å². The second kappa shape index (κ2) is 8.41. The van der Waals surface area contributed by atoms with Crippen LogP contribution in [0.25, 0.3) is 22.7 Å². The molecule has 4 aromatic rings. The number of carbonyl (C=O) groups is 1. The second-order valence-corrected chi connectivity index (χ2v) is 8.00. The van der Waals surface area contributed by atoms with Crippen molar-refractivity contribution >= 4 is 28.7 Å². The maximum absolute atomic E-state index is 13.1. The van der Waals surface area contributed by atoms with Gasteiger partial charge in [-0.2, -0.15) is 0 Å². The molecule has 8 nitrogen and oxygen atoms in total. The van der Waals surface area contributed by atoms with Gasteiger partial charge in [0.05, 0.1) is 11.0 Å². The predicted molar refractivity (Wildman–Crippen MR) is 116 cm³/mol. The summed E-state index contributed by atoms with van der Waals surface area (Å²) < 4.78 is 24.2. The average Bonchev–Trinajstić information content (AvgIpc) is 3.41. The topological polar surface area (TPSA) is 106 Å². The van der Waals surface area contributed by atoms with E-state index in [4.69, 9.17) is 9.15 Å². The summed E-state index contributed by atoms with van der Waals surface area (Å²) in [6.45, 7) is 1.46. The molecule has 0 saturated heterocycles. The Morgan fingerprint density at radius 1 is 1.19 bits per heavy atom. The van der Waals surface area contributed by atoms with Crippen LogP contribution < -0.4 is 5.32 Å². The summed E-state index contributed by atoms with van der Waals surface area (Å²) >= 11 is 0. The van der Waals surface area contributed by atoms with Crippen LogP contribution in [-0.2, 0) is 9.53 Å². The zero-order chi connectivity index (χ0) is 22.1. The Balaban J connectivity index is 1.33. The fourth-order valence-electron chi connectivity index (χ4n) is 4.20. The third-order valence-electron chi connectivity index (χ3n) is 5.66. The summed E-state index contributed by atoms with van der Waals surface area (Å²) in [5, 5.41) is 11.0. The number of rotatable bonds is 5. The molecule has 0 spiro atoms. The first kappa shape index (κ1) is 20.2. The number of imidazole rings is 1. The highest BCUT2D eigenvalue weighted by Crippen LogP contribution is 2.35. The molecule has 2 aromatic carbocycles. The molecule has 2 aromatic heterocycles. The molecule has 0 radical (unpaired) electrons. The van der Waals surface area contributed by atoms with E-state index in [0.717, 1.165) is 36.7 Å². The Hall–Kier alpha value is -3.75. The molecule has 1 saturated carbocycles. The molecule has 2 unspecified atom stereocenters.